The molecule has 0 radical (unpaired) electrons. The number of esters is 2. The molecule has 1 atom stereocenters. The molecule has 1 fully saturated rings. The van der Waals surface area contributed by atoms with Crippen molar-refractivity contribution in [2.45, 2.75) is 52.2 Å². The van der Waals surface area contributed by atoms with Crippen molar-refractivity contribution in [1.82, 2.24) is 0 Å². The van der Waals surface area contributed by atoms with E-state index in [-0.39, 0.29) is 18.1 Å². The largest absolute Gasteiger partial charge is 0.462 e. The smallest absolute Gasteiger partial charge is 0.324 e. The highest BCUT2D eigenvalue weighted by Gasteiger charge is 2.68. The molecular weight excluding hydrogens is 268 g/mol. The first-order valence-electron chi connectivity index (χ1n) is 7.35. The van der Waals surface area contributed by atoms with E-state index in [0.29, 0.717) is 6.42 Å². The second-order valence-corrected chi connectivity index (χ2v) is 6.05. The number of carbonyl (C=O) groups is 2. The van der Waals surface area contributed by atoms with Crippen LogP contribution >= 0.6 is 0 Å². The van der Waals surface area contributed by atoms with Gasteiger partial charge in [0.2, 0.25) is 0 Å². The standard InChI is InChI=1S/C17H22O4/c1-11(2)20-15(18)17(16(19)21-12(3)4)10-14(17)13-8-6-5-7-9-13/h5-9,11-12,14H,10H2,1-4H3. The summed E-state index contributed by atoms with van der Waals surface area (Å²) in [5, 5.41) is 0. The predicted molar refractivity (Wildman–Crippen MR) is 78.7 cm³/mol. The van der Waals surface area contributed by atoms with Crippen LogP contribution < -0.4 is 0 Å². The Morgan fingerprint density at radius 2 is 1.48 bits per heavy atom. The highest BCUT2D eigenvalue weighted by Crippen LogP contribution is 2.61. The number of ether oxygens (including phenoxy) is 2. The molecule has 0 aromatic heterocycles. The zero-order chi connectivity index (χ0) is 15.6. The maximum atomic E-state index is 12.4. The van der Waals surface area contributed by atoms with Crippen LogP contribution in [-0.2, 0) is 19.1 Å². The third kappa shape index (κ3) is 3.09. The van der Waals surface area contributed by atoms with Crippen LogP contribution in [-0.4, -0.2) is 24.1 Å². The molecule has 0 N–H and O–H groups in total. The Morgan fingerprint density at radius 1 is 1.00 bits per heavy atom. The zero-order valence-electron chi connectivity index (χ0n) is 13.0. The van der Waals surface area contributed by atoms with E-state index >= 15 is 0 Å². The fourth-order valence-electron chi connectivity index (χ4n) is 2.52. The molecule has 1 aliphatic carbocycles. The normalized spacial score (nSPS) is 19.4. The molecule has 0 bridgehead atoms. The molecule has 4 nitrogen and oxygen atoms in total. The fraction of sp³-hybridized carbons (Fsp3) is 0.529. The van der Waals surface area contributed by atoms with Gasteiger partial charge >= 0.3 is 11.9 Å². The molecule has 21 heavy (non-hydrogen) atoms. The van der Waals surface area contributed by atoms with Crippen molar-refractivity contribution in [3.63, 3.8) is 0 Å². The van der Waals surface area contributed by atoms with Crippen LogP contribution in [0.25, 0.3) is 0 Å². The van der Waals surface area contributed by atoms with Gasteiger partial charge in [0, 0.05) is 5.92 Å². The maximum Gasteiger partial charge on any atom is 0.324 e. The summed E-state index contributed by atoms with van der Waals surface area (Å²) in [7, 11) is 0. The Kier molecular flexibility index (Phi) is 4.35. The summed E-state index contributed by atoms with van der Waals surface area (Å²) in [6.45, 7) is 7.11. The Balaban J connectivity index is 2.26. The Bertz CT molecular complexity index is 497. The minimum Gasteiger partial charge on any atom is -0.462 e. The summed E-state index contributed by atoms with van der Waals surface area (Å²) in [6, 6.07) is 9.57. The van der Waals surface area contributed by atoms with Gasteiger partial charge in [-0.1, -0.05) is 30.3 Å². The minimum atomic E-state index is -1.17. The molecule has 2 rings (SSSR count). The van der Waals surface area contributed by atoms with Crippen LogP contribution in [0.3, 0.4) is 0 Å². The quantitative estimate of drug-likeness (QED) is 0.618. The monoisotopic (exact) mass is 290 g/mol. The lowest BCUT2D eigenvalue weighted by molar-refractivity contribution is -0.169. The summed E-state index contributed by atoms with van der Waals surface area (Å²) in [4.78, 5) is 24.8. The minimum absolute atomic E-state index is 0.156. The average molecular weight is 290 g/mol. The van der Waals surface area contributed by atoms with Crippen LogP contribution in [0.2, 0.25) is 0 Å². The van der Waals surface area contributed by atoms with Crippen LogP contribution in [0.15, 0.2) is 30.3 Å². The highest BCUT2D eigenvalue weighted by molar-refractivity contribution is 6.05. The van der Waals surface area contributed by atoms with Gasteiger partial charge in [-0.05, 0) is 39.7 Å². The van der Waals surface area contributed by atoms with Gasteiger partial charge in [-0.3, -0.25) is 9.59 Å². The Labute approximate surface area is 125 Å². The fourth-order valence-corrected chi connectivity index (χ4v) is 2.52. The maximum absolute atomic E-state index is 12.4. The molecule has 0 heterocycles. The molecule has 0 saturated heterocycles. The van der Waals surface area contributed by atoms with E-state index in [1.165, 1.54) is 0 Å². The number of hydrogen-bond donors (Lipinski definition) is 0. The van der Waals surface area contributed by atoms with E-state index in [0.717, 1.165) is 5.56 Å². The van der Waals surface area contributed by atoms with Crippen molar-refractivity contribution in [2.24, 2.45) is 5.41 Å². The van der Waals surface area contributed by atoms with Gasteiger partial charge in [0.25, 0.3) is 0 Å². The molecule has 4 heteroatoms. The van der Waals surface area contributed by atoms with Crippen LogP contribution in [0.1, 0.15) is 45.6 Å². The number of carbonyl (C=O) groups excluding carboxylic acids is 2. The van der Waals surface area contributed by atoms with E-state index in [9.17, 15) is 9.59 Å². The summed E-state index contributed by atoms with van der Waals surface area (Å²) >= 11 is 0. The SMILES string of the molecule is CC(C)OC(=O)C1(C(=O)OC(C)C)CC1c1ccccc1. The van der Waals surface area contributed by atoms with Gasteiger partial charge in [0.05, 0.1) is 12.2 Å². The first kappa shape index (κ1) is 15.5. The van der Waals surface area contributed by atoms with Crippen molar-refractivity contribution in [2.75, 3.05) is 0 Å². The second-order valence-electron chi connectivity index (χ2n) is 6.05. The number of benzene rings is 1. The summed E-state index contributed by atoms with van der Waals surface area (Å²) in [5.41, 5.74) is -0.200. The lowest BCUT2D eigenvalue weighted by Gasteiger charge is -2.19. The zero-order valence-corrected chi connectivity index (χ0v) is 13.0. The Hall–Kier alpha value is -1.84. The molecule has 0 spiro atoms. The predicted octanol–water partition coefficient (Wildman–Crippen LogP) is 3.06. The molecule has 1 saturated carbocycles. The van der Waals surface area contributed by atoms with Crippen molar-refractivity contribution in [3.05, 3.63) is 35.9 Å². The lowest BCUT2D eigenvalue weighted by atomic mass is 9.99. The van der Waals surface area contributed by atoms with Crippen LogP contribution in [0.5, 0.6) is 0 Å². The molecular formula is C17H22O4. The van der Waals surface area contributed by atoms with E-state index in [4.69, 9.17) is 9.47 Å². The van der Waals surface area contributed by atoms with Crippen molar-refractivity contribution in [3.8, 4) is 0 Å². The molecule has 1 unspecified atom stereocenters. The second kappa shape index (κ2) is 5.88. The molecule has 0 amide bonds. The van der Waals surface area contributed by atoms with Gasteiger partial charge in [0.15, 0.2) is 5.41 Å². The average Bonchev–Trinajstić information content (AvgIpc) is 3.15. The lowest BCUT2D eigenvalue weighted by Crippen LogP contribution is -2.34. The number of rotatable bonds is 5. The van der Waals surface area contributed by atoms with Crippen LogP contribution in [0, 0.1) is 5.41 Å². The van der Waals surface area contributed by atoms with Crippen LogP contribution in [0.4, 0.5) is 0 Å². The molecule has 114 valence electrons. The third-order valence-corrected chi connectivity index (χ3v) is 3.58. The van der Waals surface area contributed by atoms with E-state index in [1.54, 1.807) is 27.7 Å². The number of hydrogen-bond acceptors (Lipinski definition) is 4. The topological polar surface area (TPSA) is 52.6 Å². The molecule has 1 aliphatic rings. The third-order valence-electron chi connectivity index (χ3n) is 3.58. The van der Waals surface area contributed by atoms with Crippen molar-refractivity contribution < 1.29 is 19.1 Å². The highest BCUT2D eigenvalue weighted by atomic mass is 16.6. The van der Waals surface area contributed by atoms with Gasteiger partial charge in [0.1, 0.15) is 0 Å². The molecule has 0 aliphatic heterocycles. The van der Waals surface area contributed by atoms with Crippen molar-refractivity contribution >= 4 is 11.9 Å². The summed E-state index contributed by atoms with van der Waals surface area (Å²) < 4.78 is 10.6. The molecule has 1 aromatic carbocycles. The van der Waals surface area contributed by atoms with Gasteiger partial charge in [-0.25, -0.2) is 0 Å². The van der Waals surface area contributed by atoms with Gasteiger partial charge in [-0.2, -0.15) is 0 Å². The van der Waals surface area contributed by atoms with Gasteiger partial charge < -0.3 is 9.47 Å². The Morgan fingerprint density at radius 3 is 1.90 bits per heavy atom. The van der Waals surface area contributed by atoms with E-state index < -0.39 is 17.4 Å². The van der Waals surface area contributed by atoms with E-state index in [1.807, 2.05) is 30.3 Å². The molecule has 1 aromatic rings. The first-order valence-corrected chi connectivity index (χ1v) is 7.35. The van der Waals surface area contributed by atoms with Crippen molar-refractivity contribution in [1.29, 1.82) is 0 Å². The van der Waals surface area contributed by atoms with E-state index in [2.05, 4.69) is 0 Å². The summed E-state index contributed by atoms with van der Waals surface area (Å²) in [6.07, 6.45) is -0.0507. The summed E-state index contributed by atoms with van der Waals surface area (Å²) in [5.74, 6) is -1.11. The first-order chi connectivity index (χ1) is 9.87. The van der Waals surface area contributed by atoms with Gasteiger partial charge in [-0.15, -0.1) is 0 Å².